The fourth-order valence-electron chi connectivity index (χ4n) is 2.27. The normalized spacial score (nSPS) is 14.4. The third-order valence-corrected chi connectivity index (χ3v) is 3.70. The monoisotopic (exact) mass is 305 g/mol. The summed E-state index contributed by atoms with van der Waals surface area (Å²) in [6.45, 7) is 2.55. The van der Waals surface area contributed by atoms with Crippen molar-refractivity contribution in [1.29, 1.82) is 0 Å². The molecule has 0 amide bonds. The number of pyridine rings is 1. The van der Waals surface area contributed by atoms with E-state index >= 15 is 0 Å². The number of hydrogen-bond donors (Lipinski definition) is 2. The smallest absolute Gasteiger partial charge is 0.152 e. The molecule has 6 heteroatoms. The SMILES string of the molecule is CC(O)(CNCc1c(Cl)nc2ccccn12)c1ccco1. The summed E-state index contributed by atoms with van der Waals surface area (Å²) in [7, 11) is 0. The first-order chi connectivity index (χ1) is 10.1. The second-order valence-electron chi connectivity index (χ2n) is 5.13. The molecule has 0 aromatic carbocycles. The van der Waals surface area contributed by atoms with Gasteiger partial charge in [0, 0.05) is 19.3 Å². The molecule has 110 valence electrons. The standard InChI is InChI=1S/C15H16ClN3O2/c1-15(20,12-5-4-8-21-12)10-17-9-11-14(16)18-13-6-2-3-7-19(11)13/h2-8,17,20H,9-10H2,1H3. The molecule has 3 aromatic rings. The van der Waals surface area contributed by atoms with Crippen molar-refractivity contribution in [2.24, 2.45) is 0 Å². The zero-order valence-electron chi connectivity index (χ0n) is 11.6. The highest BCUT2D eigenvalue weighted by atomic mass is 35.5. The van der Waals surface area contributed by atoms with Crippen LogP contribution in [0, 0.1) is 0 Å². The lowest BCUT2D eigenvalue weighted by atomic mass is 10.0. The lowest BCUT2D eigenvalue weighted by Crippen LogP contribution is -2.35. The van der Waals surface area contributed by atoms with Crippen molar-refractivity contribution in [2.45, 2.75) is 19.1 Å². The Morgan fingerprint density at radius 3 is 3.00 bits per heavy atom. The zero-order valence-corrected chi connectivity index (χ0v) is 12.3. The molecule has 0 radical (unpaired) electrons. The molecule has 0 bridgehead atoms. The molecule has 0 fully saturated rings. The Kier molecular flexibility index (Phi) is 3.71. The van der Waals surface area contributed by atoms with Gasteiger partial charge in [0.15, 0.2) is 5.15 Å². The van der Waals surface area contributed by atoms with Gasteiger partial charge in [0.05, 0.1) is 12.0 Å². The van der Waals surface area contributed by atoms with E-state index in [4.69, 9.17) is 16.0 Å². The fraction of sp³-hybridized carbons (Fsp3) is 0.267. The first kappa shape index (κ1) is 14.1. The molecule has 1 unspecified atom stereocenters. The second-order valence-corrected chi connectivity index (χ2v) is 5.49. The van der Waals surface area contributed by atoms with Crippen molar-refractivity contribution in [2.75, 3.05) is 6.54 Å². The van der Waals surface area contributed by atoms with Crippen LogP contribution in [0.3, 0.4) is 0 Å². The van der Waals surface area contributed by atoms with Gasteiger partial charge in [-0.3, -0.25) is 0 Å². The van der Waals surface area contributed by atoms with Crippen molar-refractivity contribution in [1.82, 2.24) is 14.7 Å². The van der Waals surface area contributed by atoms with Gasteiger partial charge in [0.2, 0.25) is 0 Å². The predicted molar refractivity (Wildman–Crippen MR) is 80.2 cm³/mol. The molecule has 0 saturated carbocycles. The average Bonchev–Trinajstić information content (AvgIpc) is 3.08. The minimum Gasteiger partial charge on any atom is -0.466 e. The number of fused-ring (bicyclic) bond motifs is 1. The van der Waals surface area contributed by atoms with Crippen LogP contribution in [-0.4, -0.2) is 21.0 Å². The summed E-state index contributed by atoms with van der Waals surface area (Å²) in [5, 5.41) is 14.0. The lowest BCUT2D eigenvalue weighted by Gasteiger charge is -2.21. The van der Waals surface area contributed by atoms with Gasteiger partial charge in [0.25, 0.3) is 0 Å². The van der Waals surface area contributed by atoms with Crippen LogP contribution in [0.5, 0.6) is 0 Å². The second kappa shape index (κ2) is 5.52. The van der Waals surface area contributed by atoms with Gasteiger partial charge in [-0.1, -0.05) is 17.7 Å². The molecule has 21 heavy (non-hydrogen) atoms. The summed E-state index contributed by atoms with van der Waals surface area (Å²) in [4.78, 5) is 4.29. The largest absolute Gasteiger partial charge is 0.466 e. The first-order valence-corrected chi connectivity index (χ1v) is 7.04. The Hall–Kier alpha value is -1.82. The molecular weight excluding hydrogens is 290 g/mol. The molecule has 5 nitrogen and oxygen atoms in total. The molecule has 0 spiro atoms. The van der Waals surface area contributed by atoms with E-state index in [1.54, 1.807) is 25.3 Å². The summed E-state index contributed by atoms with van der Waals surface area (Å²) in [5.41, 5.74) is 0.593. The zero-order chi connectivity index (χ0) is 14.9. The van der Waals surface area contributed by atoms with Crippen LogP contribution in [-0.2, 0) is 12.1 Å². The summed E-state index contributed by atoms with van der Waals surface area (Å²) in [6.07, 6.45) is 3.46. The quantitative estimate of drug-likeness (QED) is 0.760. The van der Waals surface area contributed by atoms with E-state index in [-0.39, 0.29) is 0 Å². The molecule has 3 rings (SSSR count). The van der Waals surface area contributed by atoms with Crippen molar-refractivity contribution >= 4 is 17.2 Å². The van der Waals surface area contributed by atoms with Gasteiger partial charge >= 0.3 is 0 Å². The number of nitrogens with one attached hydrogen (secondary N) is 1. The van der Waals surface area contributed by atoms with E-state index in [2.05, 4.69) is 10.3 Å². The van der Waals surface area contributed by atoms with E-state index in [1.165, 1.54) is 0 Å². The van der Waals surface area contributed by atoms with Crippen LogP contribution in [0.1, 0.15) is 18.4 Å². The molecule has 0 aliphatic rings. The third kappa shape index (κ3) is 2.81. The summed E-state index contributed by atoms with van der Waals surface area (Å²) in [5.74, 6) is 0.527. The fourth-order valence-corrected chi connectivity index (χ4v) is 2.52. The number of nitrogens with zero attached hydrogens (tertiary/aromatic N) is 2. The number of hydrogen-bond acceptors (Lipinski definition) is 4. The van der Waals surface area contributed by atoms with Gasteiger partial charge < -0.3 is 19.2 Å². The molecule has 3 aromatic heterocycles. The minimum absolute atomic E-state index is 0.344. The lowest BCUT2D eigenvalue weighted by molar-refractivity contribution is 0.0339. The van der Waals surface area contributed by atoms with Crippen LogP contribution in [0.4, 0.5) is 0 Å². The summed E-state index contributed by atoms with van der Waals surface area (Å²) < 4.78 is 7.17. The van der Waals surface area contributed by atoms with Crippen molar-refractivity contribution < 1.29 is 9.52 Å². The Bertz CT molecular complexity index is 735. The van der Waals surface area contributed by atoms with Crippen molar-refractivity contribution in [3.05, 3.63) is 59.4 Å². The molecule has 2 N–H and O–H groups in total. The summed E-state index contributed by atoms with van der Waals surface area (Å²) >= 11 is 6.16. The Labute approximate surface area is 127 Å². The van der Waals surface area contributed by atoms with Crippen molar-refractivity contribution in [3.63, 3.8) is 0 Å². The van der Waals surface area contributed by atoms with E-state index in [9.17, 15) is 5.11 Å². The van der Waals surface area contributed by atoms with Crippen LogP contribution in [0.2, 0.25) is 5.15 Å². The number of halogens is 1. The maximum atomic E-state index is 10.4. The highest BCUT2D eigenvalue weighted by Crippen LogP contribution is 2.21. The predicted octanol–water partition coefficient (Wildman–Crippen LogP) is 2.58. The van der Waals surface area contributed by atoms with Crippen molar-refractivity contribution in [3.8, 4) is 0 Å². The van der Waals surface area contributed by atoms with Crippen LogP contribution >= 0.6 is 11.6 Å². The van der Waals surface area contributed by atoms with Gasteiger partial charge in [0.1, 0.15) is 17.0 Å². The molecule has 0 aliphatic carbocycles. The molecule has 1 atom stereocenters. The third-order valence-electron chi connectivity index (χ3n) is 3.39. The first-order valence-electron chi connectivity index (χ1n) is 6.66. The van der Waals surface area contributed by atoms with E-state index in [0.29, 0.717) is 24.0 Å². The number of rotatable bonds is 5. The maximum absolute atomic E-state index is 10.4. The number of furan rings is 1. The van der Waals surface area contributed by atoms with E-state index in [0.717, 1.165) is 11.3 Å². The van der Waals surface area contributed by atoms with Gasteiger partial charge in [-0.2, -0.15) is 0 Å². The number of aromatic nitrogens is 2. The molecule has 3 heterocycles. The van der Waals surface area contributed by atoms with E-state index in [1.807, 2.05) is 28.8 Å². The number of imidazole rings is 1. The molecular formula is C15H16ClN3O2. The molecule has 0 aliphatic heterocycles. The Morgan fingerprint density at radius 1 is 1.38 bits per heavy atom. The summed E-state index contributed by atoms with van der Waals surface area (Å²) in [6, 6.07) is 9.24. The highest BCUT2D eigenvalue weighted by Gasteiger charge is 2.25. The average molecular weight is 306 g/mol. The van der Waals surface area contributed by atoms with Gasteiger partial charge in [-0.25, -0.2) is 4.98 Å². The van der Waals surface area contributed by atoms with Crippen LogP contribution < -0.4 is 5.32 Å². The Morgan fingerprint density at radius 2 is 2.24 bits per heavy atom. The van der Waals surface area contributed by atoms with Crippen LogP contribution in [0.15, 0.2) is 47.2 Å². The Balaban J connectivity index is 1.71. The van der Waals surface area contributed by atoms with Gasteiger partial charge in [-0.15, -0.1) is 0 Å². The van der Waals surface area contributed by atoms with Crippen LogP contribution in [0.25, 0.3) is 5.65 Å². The topological polar surface area (TPSA) is 62.7 Å². The minimum atomic E-state index is -1.07. The maximum Gasteiger partial charge on any atom is 0.152 e. The van der Waals surface area contributed by atoms with Gasteiger partial charge in [-0.05, 0) is 31.2 Å². The van der Waals surface area contributed by atoms with E-state index < -0.39 is 5.60 Å². The highest BCUT2D eigenvalue weighted by molar-refractivity contribution is 6.30. The number of aliphatic hydroxyl groups is 1. The molecule has 0 saturated heterocycles.